The zero-order chi connectivity index (χ0) is 72.5. The van der Waals surface area contributed by atoms with Gasteiger partial charge in [-0.1, -0.05) is 17.8 Å². The van der Waals surface area contributed by atoms with E-state index in [0.717, 1.165) is 54.3 Å². The van der Waals surface area contributed by atoms with Crippen LogP contribution in [0, 0.1) is 93.6 Å². The summed E-state index contributed by atoms with van der Waals surface area (Å²) in [6.45, 7) is 22.7. The third kappa shape index (κ3) is 17.7. The Morgan fingerprint density at radius 2 is 0.888 bits per heavy atom. The number of halogens is 5. The van der Waals surface area contributed by atoms with Crippen LogP contribution in [0.3, 0.4) is 0 Å². The summed E-state index contributed by atoms with van der Waals surface area (Å²) in [5.41, 5.74) is 7.21. The van der Waals surface area contributed by atoms with Crippen molar-refractivity contribution >= 4 is 97.7 Å². The number of carbonyl (C=O) groups is 9. The van der Waals surface area contributed by atoms with Crippen LogP contribution in [-0.4, -0.2) is 114 Å². The van der Waals surface area contributed by atoms with E-state index in [4.69, 9.17) is 0 Å². The second-order valence-corrected chi connectivity index (χ2v) is 26.4. The number of aryl methyl sites for hydroxylation is 5. The number of amides is 6. The molecule has 1 saturated heterocycles. The topological polar surface area (TPSA) is 270 Å². The van der Waals surface area contributed by atoms with Crippen LogP contribution in [0.25, 0.3) is 0 Å². The van der Waals surface area contributed by atoms with Gasteiger partial charge in [-0.25, -0.2) is 31.9 Å². The Labute approximate surface area is 572 Å². The first-order valence-corrected chi connectivity index (χ1v) is 32.9. The first-order valence-electron chi connectivity index (χ1n) is 31.2. The Morgan fingerprint density at radius 1 is 0.510 bits per heavy atom. The van der Waals surface area contributed by atoms with Crippen molar-refractivity contribution in [2.45, 2.75) is 115 Å². The number of nitrogens with zero attached hydrogens (tertiary/aromatic N) is 6. The molecule has 1 aliphatic heterocycles. The maximum Gasteiger partial charge on any atom is 0.300 e. The van der Waals surface area contributed by atoms with Gasteiger partial charge in [-0.05, 0) is 190 Å². The summed E-state index contributed by atoms with van der Waals surface area (Å²) in [4.78, 5) is 126. The third-order valence-corrected chi connectivity index (χ3v) is 19.0. The molecule has 6 N–H and O–H groups in total. The van der Waals surface area contributed by atoms with E-state index in [1.807, 2.05) is 13.8 Å². The number of ketones is 3. The average Bonchev–Trinajstić information content (AvgIpc) is 1.64. The lowest BCUT2D eigenvalue weighted by molar-refractivity contribution is -0.117. The van der Waals surface area contributed by atoms with Crippen molar-refractivity contribution in [3.05, 3.63) is 183 Å². The zero-order valence-electron chi connectivity index (χ0n) is 57.2. The van der Waals surface area contributed by atoms with Gasteiger partial charge in [0.1, 0.15) is 17.5 Å². The molecule has 3 aromatic carbocycles. The highest BCUT2D eigenvalue weighted by molar-refractivity contribution is 7.16. The summed E-state index contributed by atoms with van der Waals surface area (Å²) in [6, 6.07) is 12.7. The Bertz CT molecular complexity index is 4450. The van der Waals surface area contributed by atoms with Gasteiger partial charge < -0.3 is 45.2 Å². The van der Waals surface area contributed by atoms with Crippen molar-refractivity contribution in [1.29, 1.82) is 0 Å². The average molecular weight is 1390 g/mol. The quantitative estimate of drug-likeness (QED) is 0.0236. The number of Topliss-reactive ketones (excluding diaryl/α,β-unsaturated/α-hetero) is 3. The molecule has 8 aromatic rings. The molecule has 21 nitrogen and oxygen atoms in total. The van der Waals surface area contributed by atoms with Crippen molar-refractivity contribution in [3.8, 4) is 0 Å². The number of rotatable bonds is 20. The molecule has 0 radical (unpaired) electrons. The molecular weight excluding hydrogens is 1310 g/mol. The molecule has 1 fully saturated rings. The van der Waals surface area contributed by atoms with Crippen LogP contribution in [0.1, 0.15) is 160 Å². The van der Waals surface area contributed by atoms with Crippen LogP contribution < -0.4 is 31.9 Å². The number of alkyl halides is 2. The summed E-state index contributed by atoms with van der Waals surface area (Å²) in [5, 5.41) is 16.6. The molecule has 520 valence electrons. The second-order valence-electron chi connectivity index (χ2n) is 24.0. The molecule has 0 saturated carbocycles. The van der Waals surface area contributed by atoms with Crippen molar-refractivity contribution in [2.75, 3.05) is 54.0 Å². The fourth-order valence-electron chi connectivity index (χ4n) is 11.4. The molecule has 0 aliphatic carbocycles. The van der Waals surface area contributed by atoms with Gasteiger partial charge in [0.2, 0.25) is 0 Å². The molecule has 5 aromatic heterocycles. The minimum Gasteiger partial charge on any atom is -0.349 e. The van der Waals surface area contributed by atoms with Crippen molar-refractivity contribution < 1.29 is 65.1 Å². The Balaban J connectivity index is 0.000000207. The molecule has 28 heteroatoms. The van der Waals surface area contributed by atoms with Gasteiger partial charge in [0.15, 0.2) is 5.13 Å². The van der Waals surface area contributed by atoms with Crippen LogP contribution in [-0.2, 0) is 47.9 Å². The normalized spacial score (nSPS) is 12.2. The molecule has 1 aliphatic rings. The lowest BCUT2D eigenvalue weighted by Crippen LogP contribution is -2.40. The Morgan fingerprint density at radius 3 is 1.23 bits per heavy atom. The number of benzene rings is 3. The van der Waals surface area contributed by atoms with Gasteiger partial charge in [0, 0.05) is 99.3 Å². The summed E-state index contributed by atoms with van der Waals surface area (Å²) in [5.74, 6) is -10.4. The minimum absolute atomic E-state index is 0.0250. The highest BCUT2D eigenvalue weighted by atomic mass is 32.1. The first-order chi connectivity index (χ1) is 46.0. The predicted molar refractivity (Wildman–Crippen MR) is 367 cm³/mol. The molecule has 9 rings (SSSR count). The largest absolute Gasteiger partial charge is 0.349 e. The summed E-state index contributed by atoms with van der Waals surface area (Å²) in [7, 11) is 4.83. The Kier molecular flexibility index (Phi) is 24.7. The Hall–Kier alpha value is -9.80. The van der Waals surface area contributed by atoms with Gasteiger partial charge in [-0.15, -0.1) is 11.3 Å². The fourth-order valence-corrected chi connectivity index (χ4v) is 13.0. The SMILES string of the molecule is Cc1cc(NC(=O)c2c(C)c(C(=O)C(=O)NCCN3CCCCC3)n(C)c2C)ccc1F.Cc1cc(NC(=O)c2c(C)c(C(=O)C(=O)Nc3ncc(C(C)(F)F)s3)n(C)c2C)ccc1F.Cc1nc(CCNC(=O)C(=O)c2c(C)c(C(=O)Nc3ccc(F)c(C)c3)c(C)n2C)c(C)s1. The van der Waals surface area contributed by atoms with E-state index in [1.165, 1.54) is 73.5 Å². The first kappa shape index (κ1) is 75.6. The number of nitrogens with one attached hydrogen (secondary N) is 6. The number of likely N-dealkylation sites (tertiary alicyclic amines) is 1. The lowest BCUT2D eigenvalue weighted by atomic mass is 10.1. The molecule has 0 unspecified atom stereocenters. The van der Waals surface area contributed by atoms with E-state index >= 15 is 0 Å². The van der Waals surface area contributed by atoms with Crippen LogP contribution in [0.5, 0.6) is 0 Å². The summed E-state index contributed by atoms with van der Waals surface area (Å²) < 4.78 is 71.8. The van der Waals surface area contributed by atoms with E-state index in [9.17, 15) is 65.1 Å². The number of thiazole rings is 2. The predicted octanol–water partition coefficient (Wildman–Crippen LogP) is 11.8. The van der Waals surface area contributed by atoms with Gasteiger partial charge in [0.25, 0.3) is 58.7 Å². The van der Waals surface area contributed by atoms with Crippen molar-refractivity contribution in [3.63, 3.8) is 0 Å². The van der Waals surface area contributed by atoms with E-state index in [-0.39, 0.29) is 56.4 Å². The van der Waals surface area contributed by atoms with Gasteiger partial charge >= 0.3 is 0 Å². The van der Waals surface area contributed by atoms with Gasteiger partial charge in [0.05, 0.1) is 49.4 Å². The molecule has 0 bridgehead atoms. The maximum atomic E-state index is 13.5. The number of anilines is 4. The number of hydrogen-bond donors (Lipinski definition) is 6. The van der Waals surface area contributed by atoms with Gasteiger partial charge in [-0.2, -0.15) is 0 Å². The molecule has 6 heterocycles. The summed E-state index contributed by atoms with van der Waals surface area (Å²) >= 11 is 2.16. The lowest BCUT2D eigenvalue weighted by Gasteiger charge is -2.26. The smallest absolute Gasteiger partial charge is 0.300 e. The fraction of sp³-hybridized carbons (Fsp3) is 0.357. The van der Waals surface area contributed by atoms with E-state index < -0.39 is 64.5 Å². The van der Waals surface area contributed by atoms with Gasteiger partial charge in [-0.3, -0.25) is 48.5 Å². The van der Waals surface area contributed by atoms with Crippen LogP contribution in [0.15, 0.2) is 60.8 Å². The standard InChI is InChI=1S/C24H27FN4O3S.C24H31FN4O3.C22H21F3N4O3S/c1-12-11-17(7-8-18(12)25)28-23(31)20-13(2)21(29(6)14(20)3)22(30)24(32)26-10-9-19-15(4)33-16(5)27-19;1-15-14-18(8-9-19(15)25)27-23(31)20-16(2)21(28(4)17(20)3)22(30)24(32)26-10-13-29-11-6-5-7-12-29;1-10-8-13(6-7-14(10)23)27-19(31)16-11(2)17(29(5)12(16)3)18(30)20(32)28-21-26-9-15(33-21)22(4,24)25/h7-8,11H,9-10H2,1-6H3,(H,26,32)(H,28,31);8-9,14H,5-7,10-13H2,1-4H3,(H,26,32)(H,27,31);6-9H,1-5H3,(H,27,31)(H,26,28,32). The monoisotopic (exact) mass is 1390 g/mol. The zero-order valence-corrected chi connectivity index (χ0v) is 58.8. The molecule has 0 spiro atoms. The van der Waals surface area contributed by atoms with Crippen molar-refractivity contribution in [2.24, 2.45) is 21.1 Å². The molecule has 6 amide bonds. The molecule has 0 atom stereocenters. The second kappa shape index (κ2) is 32.0. The van der Waals surface area contributed by atoms with E-state index in [1.54, 1.807) is 96.0 Å². The number of carbonyl (C=O) groups excluding carboxylic acids is 9. The molecule has 98 heavy (non-hydrogen) atoms. The highest BCUT2D eigenvalue weighted by Crippen LogP contribution is 2.34. The highest BCUT2D eigenvalue weighted by Gasteiger charge is 2.33. The minimum atomic E-state index is -3.12. The number of aromatic nitrogens is 5. The maximum absolute atomic E-state index is 13.5. The van der Waals surface area contributed by atoms with Crippen LogP contribution >= 0.6 is 22.7 Å². The van der Waals surface area contributed by atoms with E-state index in [0.29, 0.717) is 104 Å². The van der Waals surface area contributed by atoms with E-state index in [2.05, 4.69) is 46.8 Å². The van der Waals surface area contributed by atoms with Crippen LogP contribution in [0.4, 0.5) is 44.1 Å². The third-order valence-electron chi connectivity index (χ3n) is 17.0. The number of hydrogen-bond acceptors (Lipinski definition) is 14. The molecular formula is C70H79F5N12O9S2. The summed E-state index contributed by atoms with van der Waals surface area (Å²) in [6.07, 6.45) is 5.03. The van der Waals surface area contributed by atoms with Crippen LogP contribution in [0.2, 0.25) is 0 Å². The van der Waals surface area contributed by atoms with Crippen molar-refractivity contribution in [1.82, 2.24) is 39.2 Å². The number of piperidine rings is 1.